The molecule has 0 fully saturated rings. The number of fused-ring (bicyclic) bond motifs is 1. The van der Waals surface area contributed by atoms with Crippen molar-refractivity contribution in [2.24, 2.45) is 0 Å². The lowest BCUT2D eigenvalue weighted by atomic mass is 9.97. The van der Waals surface area contributed by atoms with Crippen molar-refractivity contribution in [1.29, 1.82) is 0 Å². The van der Waals surface area contributed by atoms with Crippen LogP contribution in [0.1, 0.15) is 29.2 Å². The van der Waals surface area contributed by atoms with E-state index >= 15 is 0 Å². The van der Waals surface area contributed by atoms with E-state index in [0.717, 1.165) is 24.4 Å². The van der Waals surface area contributed by atoms with Crippen molar-refractivity contribution in [2.45, 2.75) is 27.2 Å². The molecule has 0 unspecified atom stereocenters. The molecular weight excluding hydrogens is 296 g/mol. The molecule has 0 saturated carbocycles. The number of hydrogen-bond donors (Lipinski definition) is 1. The van der Waals surface area contributed by atoms with E-state index in [1.165, 1.54) is 33.0 Å². The van der Waals surface area contributed by atoms with Gasteiger partial charge in [-0.05, 0) is 67.0 Å². The SMILES string of the molecule is CCNc1ccc2c(Cc3cc(C)c(OC)c(C)c3)cncc2c1. The van der Waals surface area contributed by atoms with Crippen LogP contribution in [0, 0.1) is 13.8 Å². The van der Waals surface area contributed by atoms with E-state index in [1.54, 1.807) is 7.11 Å². The molecule has 3 nitrogen and oxygen atoms in total. The van der Waals surface area contributed by atoms with Gasteiger partial charge in [-0.1, -0.05) is 18.2 Å². The van der Waals surface area contributed by atoms with Crippen molar-refractivity contribution in [3.05, 3.63) is 65.0 Å². The molecule has 1 heterocycles. The summed E-state index contributed by atoms with van der Waals surface area (Å²) in [4.78, 5) is 4.44. The quantitative estimate of drug-likeness (QED) is 0.727. The number of nitrogens with one attached hydrogen (secondary N) is 1. The molecule has 2 aromatic carbocycles. The fraction of sp³-hybridized carbons (Fsp3) is 0.286. The van der Waals surface area contributed by atoms with Crippen molar-refractivity contribution in [3.63, 3.8) is 0 Å². The first kappa shape index (κ1) is 16.3. The number of nitrogens with zero attached hydrogens (tertiary/aromatic N) is 1. The summed E-state index contributed by atoms with van der Waals surface area (Å²) < 4.78 is 5.47. The topological polar surface area (TPSA) is 34.1 Å². The van der Waals surface area contributed by atoms with Gasteiger partial charge in [-0.2, -0.15) is 0 Å². The molecule has 124 valence electrons. The molecule has 1 N–H and O–H groups in total. The largest absolute Gasteiger partial charge is 0.496 e. The molecule has 3 aromatic rings. The summed E-state index contributed by atoms with van der Waals surface area (Å²) >= 11 is 0. The van der Waals surface area contributed by atoms with Gasteiger partial charge in [0.1, 0.15) is 5.75 Å². The molecule has 1 aromatic heterocycles. The van der Waals surface area contributed by atoms with E-state index in [-0.39, 0.29) is 0 Å². The number of anilines is 1. The van der Waals surface area contributed by atoms with Gasteiger partial charge in [-0.25, -0.2) is 0 Å². The van der Waals surface area contributed by atoms with Gasteiger partial charge < -0.3 is 10.1 Å². The molecule has 0 spiro atoms. The Morgan fingerprint density at radius 3 is 2.46 bits per heavy atom. The zero-order chi connectivity index (χ0) is 17.1. The zero-order valence-electron chi connectivity index (χ0n) is 14.8. The van der Waals surface area contributed by atoms with Crippen LogP contribution in [0.15, 0.2) is 42.7 Å². The fourth-order valence-corrected chi connectivity index (χ4v) is 3.38. The molecule has 0 aliphatic carbocycles. The van der Waals surface area contributed by atoms with Gasteiger partial charge in [0.25, 0.3) is 0 Å². The maximum atomic E-state index is 5.47. The Hall–Kier alpha value is -2.55. The molecule has 0 aliphatic rings. The molecule has 24 heavy (non-hydrogen) atoms. The first-order valence-electron chi connectivity index (χ1n) is 8.37. The first-order chi connectivity index (χ1) is 11.6. The second-order valence-electron chi connectivity index (χ2n) is 6.20. The second-order valence-corrected chi connectivity index (χ2v) is 6.20. The van der Waals surface area contributed by atoms with Crippen LogP contribution in [0.2, 0.25) is 0 Å². The van der Waals surface area contributed by atoms with E-state index in [9.17, 15) is 0 Å². The molecule has 0 bridgehead atoms. The van der Waals surface area contributed by atoms with Crippen LogP contribution < -0.4 is 10.1 Å². The highest BCUT2D eigenvalue weighted by molar-refractivity contribution is 5.88. The number of aromatic nitrogens is 1. The third-order valence-corrected chi connectivity index (χ3v) is 4.34. The number of aryl methyl sites for hydroxylation is 2. The molecule has 0 amide bonds. The number of benzene rings is 2. The Morgan fingerprint density at radius 1 is 1.04 bits per heavy atom. The summed E-state index contributed by atoms with van der Waals surface area (Å²) in [6.45, 7) is 7.22. The summed E-state index contributed by atoms with van der Waals surface area (Å²) in [5.41, 5.74) is 6.03. The molecule has 3 rings (SSSR count). The summed E-state index contributed by atoms with van der Waals surface area (Å²) in [6.07, 6.45) is 4.78. The first-order valence-corrected chi connectivity index (χ1v) is 8.37. The monoisotopic (exact) mass is 320 g/mol. The summed E-state index contributed by atoms with van der Waals surface area (Å²) in [5, 5.41) is 5.79. The van der Waals surface area contributed by atoms with Crippen LogP contribution >= 0.6 is 0 Å². The highest BCUT2D eigenvalue weighted by Gasteiger charge is 2.08. The lowest BCUT2D eigenvalue weighted by Crippen LogP contribution is -1.98. The maximum absolute atomic E-state index is 5.47. The molecule has 0 saturated heterocycles. The lowest BCUT2D eigenvalue weighted by molar-refractivity contribution is 0.408. The summed E-state index contributed by atoms with van der Waals surface area (Å²) in [6, 6.07) is 10.9. The standard InChI is InChI=1S/C21H24N2O/c1-5-23-19-6-7-20-17(12-22-13-18(20)11-19)10-16-8-14(2)21(24-4)15(3)9-16/h6-9,11-13,23H,5,10H2,1-4H3. The molecule has 0 aliphatic heterocycles. The van der Waals surface area contributed by atoms with E-state index in [0.29, 0.717) is 0 Å². The van der Waals surface area contributed by atoms with Crippen molar-refractivity contribution >= 4 is 16.5 Å². The fourth-order valence-electron chi connectivity index (χ4n) is 3.38. The van der Waals surface area contributed by atoms with Crippen LogP contribution in [-0.4, -0.2) is 18.6 Å². The zero-order valence-corrected chi connectivity index (χ0v) is 14.8. The van der Waals surface area contributed by atoms with Crippen LogP contribution in [-0.2, 0) is 6.42 Å². The van der Waals surface area contributed by atoms with Gasteiger partial charge in [-0.3, -0.25) is 4.98 Å². The number of pyridine rings is 1. The minimum Gasteiger partial charge on any atom is -0.496 e. The van der Waals surface area contributed by atoms with Crippen molar-refractivity contribution in [3.8, 4) is 5.75 Å². The molecular formula is C21H24N2O. The Kier molecular flexibility index (Phi) is 4.70. The highest BCUT2D eigenvalue weighted by atomic mass is 16.5. The van der Waals surface area contributed by atoms with Gasteiger partial charge in [0.05, 0.1) is 7.11 Å². The van der Waals surface area contributed by atoms with Gasteiger partial charge in [0.2, 0.25) is 0 Å². The number of rotatable bonds is 5. The third kappa shape index (κ3) is 3.21. The predicted octanol–water partition coefficient (Wildman–Crippen LogP) is 4.88. The average Bonchev–Trinajstić information content (AvgIpc) is 2.55. The van der Waals surface area contributed by atoms with Crippen molar-refractivity contribution in [2.75, 3.05) is 19.0 Å². The number of hydrogen-bond acceptors (Lipinski definition) is 3. The van der Waals surface area contributed by atoms with E-state index < -0.39 is 0 Å². The van der Waals surface area contributed by atoms with Crippen LogP contribution in [0.3, 0.4) is 0 Å². The minimum absolute atomic E-state index is 0.872. The van der Waals surface area contributed by atoms with Gasteiger partial charge >= 0.3 is 0 Å². The predicted molar refractivity (Wildman–Crippen MR) is 101 cm³/mol. The van der Waals surface area contributed by atoms with Gasteiger partial charge in [0, 0.05) is 30.0 Å². The summed E-state index contributed by atoms with van der Waals surface area (Å²) in [5.74, 6) is 0.977. The average molecular weight is 320 g/mol. The maximum Gasteiger partial charge on any atom is 0.124 e. The van der Waals surface area contributed by atoms with Gasteiger partial charge in [0.15, 0.2) is 0 Å². The third-order valence-electron chi connectivity index (χ3n) is 4.34. The minimum atomic E-state index is 0.872. The van der Waals surface area contributed by atoms with Crippen molar-refractivity contribution in [1.82, 2.24) is 4.98 Å². The normalized spacial score (nSPS) is 10.8. The molecule has 0 atom stereocenters. The van der Waals surface area contributed by atoms with Crippen LogP contribution in [0.5, 0.6) is 5.75 Å². The lowest BCUT2D eigenvalue weighted by Gasteiger charge is -2.13. The van der Waals surface area contributed by atoms with E-state index in [4.69, 9.17) is 4.74 Å². The van der Waals surface area contributed by atoms with E-state index in [1.807, 2.05) is 12.4 Å². The number of methoxy groups -OCH3 is 1. The molecule has 0 radical (unpaired) electrons. The Bertz CT molecular complexity index is 848. The summed E-state index contributed by atoms with van der Waals surface area (Å²) in [7, 11) is 1.73. The Morgan fingerprint density at radius 2 is 1.79 bits per heavy atom. The van der Waals surface area contributed by atoms with Gasteiger partial charge in [-0.15, -0.1) is 0 Å². The molecule has 3 heteroatoms. The Labute approximate surface area is 143 Å². The highest BCUT2D eigenvalue weighted by Crippen LogP contribution is 2.28. The van der Waals surface area contributed by atoms with Crippen LogP contribution in [0.4, 0.5) is 5.69 Å². The smallest absolute Gasteiger partial charge is 0.124 e. The van der Waals surface area contributed by atoms with E-state index in [2.05, 4.69) is 61.4 Å². The number of ether oxygens (including phenoxy) is 1. The van der Waals surface area contributed by atoms with Crippen molar-refractivity contribution < 1.29 is 4.74 Å². The Balaban J connectivity index is 1.98. The van der Waals surface area contributed by atoms with Crippen LogP contribution in [0.25, 0.3) is 10.8 Å². The second kappa shape index (κ2) is 6.91.